The van der Waals surface area contributed by atoms with Crippen LogP contribution in [-0.2, 0) is 0 Å². The van der Waals surface area contributed by atoms with Crippen LogP contribution in [0, 0.1) is 35.0 Å². The fourth-order valence-corrected chi connectivity index (χ4v) is 5.05. The highest BCUT2D eigenvalue weighted by molar-refractivity contribution is 5.26. The van der Waals surface area contributed by atoms with E-state index in [0.29, 0.717) is 6.04 Å². The highest BCUT2D eigenvalue weighted by atomic mass is 15.0. The van der Waals surface area contributed by atoms with Crippen LogP contribution < -0.4 is 0 Å². The fraction of sp³-hybridized carbons (Fsp3) is 0.667. The van der Waals surface area contributed by atoms with Gasteiger partial charge in [0.1, 0.15) is 6.07 Å². The first-order valence-corrected chi connectivity index (χ1v) is 6.91. The van der Waals surface area contributed by atoms with Crippen molar-refractivity contribution in [1.29, 1.82) is 5.26 Å². The molecule has 0 spiro atoms. The van der Waals surface area contributed by atoms with E-state index in [1.165, 1.54) is 32.1 Å². The summed E-state index contributed by atoms with van der Waals surface area (Å²) in [5.74, 6) is 3.84. The van der Waals surface area contributed by atoms with E-state index in [0.717, 1.165) is 29.2 Å². The normalized spacial score (nSPS) is 42.6. The first-order chi connectivity index (χ1) is 8.33. The zero-order valence-corrected chi connectivity index (χ0v) is 10.0. The van der Waals surface area contributed by atoms with Crippen LogP contribution in [0.1, 0.15) is 43.7 Å². The maximum absolute atomic E-state index is 8.94. The van der Waals surface area contributed by atoms with Gasteiger partial charge in [-0.3, -0.25) is 0 Å². The Kier molecular flexibility index (Phi) is 1.94. The van der Waals surface area contributed by atoms with Crippen LogP contribution in [0.25, 0.3) is 0 Å². The molecule has 4 saturated carbocycles. The van der Waals surface area contributed by atoms with Crippen molar-refractivity contribution in [3.63, 3.8) is 0 Å². The van der Waals surface area contributed by atoms with Crippen LogP contribution in [-0.4, -0.2) is 4.57 Å². The van der Waals surface area contributed by atoms with Crippen molar-refractivity contribution in [2.24, 2.45) is 23.7 Å². The fourth-order valence-electron chi connectivity index (χ4n) is 5.05. The van der Waals surface area contributed by atoms with Crippen molar-refractivity contribution >= 4 is 0 Å². The Morgan fingerprint density at radius 3 is 2.24 bits per heavy atom. The highest BCUT2D eigenvalue weighted by Crippen LogP contribution is 2.58. The summed E-state index contributed by atoms with van der Waals surface area (Å²) in [6, 6.07) is 4.91. The van der Waals surface area contributed by atoms with E-state index in [4.69, 9.17) is 5.26 Å². The number of rotatable bonds is 1. The van der Waals surface area contributed by atoms with Crippen molar-refractivity contribution in [2.75, 3.05) is 0 Å². The lowest BCUT2D eigenvalue weighted by atomic mass is 9.54. The van der Waals surface area contributed by atoms with Gasteiger partial charge in [-0.15, -0.1) is 0 Å². The van der Waals surface area contributed by atoms with Crippen LogP contribution in [0.2, 0.25) is 0 Å². The first kappa shape index (κ1) is 9.76. The summed E-state index contributed by atoms with van der Waals surface area (Å²) >= 11 is 0. The van der Waals surface area contributed by atoms with Crippen molar-refractivity contribution < 1.29 is 0 Å². The van der Waals surface area contributed by atoms with Gasteiger partial charge in [0.25, 0.3) is 0 Å². The average molecular weight is 226 g/mol. The molecule has 0 atom stereocenters. The quantitative estimate of drug-likeness (QED) is 0.721. The predicted molar refractivity (Wildman–Crippen MR) is 65.2 cm³/mol. The van der Waals surface area contributed by atoms with Crippen LogP contribution in [0.4, 0.5) is 0 Å². The molecule has 0 amide bonds. The van der Waals surface area contributed by atoms with Gasteiger partial charge in [-0.2, -0.15) is 5.26 Å². The Morgan fingerprint density at radius 2 is 1.71 bits per heavy atom. The summed E-state index contributed by atoms with van der Waals surface area (Å²) in [6.45, 7) is 0. The summed E-state index contributed by atoms with van der Waals surface area (Å²) in [7, 11) is 0. The van der Waals surface area contributed by atoms with Gasteiger partial charge in [0.2, 0.25) is 0 Å². The van der Waals surface area contributed by atoms with E-state index >= 15 is 0 Å². The lowest BCUT2D eigenvalue weighted by molar-refractivity contribution is -0.0290. The first-order valence-electron chi connectivity index (χ1n) is 6.91. The number of hydrogen-bond acceptors (Lipinski definition) is 1. The number of hydrogen-bond donors (Lipinski definition) is 0. The Bertz CT molecular complexity index is 451. The molecular weight excluding hydrogens is 208 g/mol. The molecule has 2 nitrogen and oxygen atoms in total. The lowest BCUT2D eigenvalue weighted by Gasteiger charge is -2.54. The van der Waals surface area contributed by atoms with Gasteiger partial charge in [-0.05, 0) is 61.8 Å². The summed E-state index contributed by atoms with van der Waals surface area (Å²) in [4.78, 5) is 0. The Morgan fingerprint density at radius 1 is 1.06 bits per heavy atom. The van der Waals surface area contributed by atoms with Crippen LogP contribution in [0.15, 0.2) is 18.5 Å². The molecule has 0 aliphatic heterocycles. The smallest absolute Gasteiger partial charge is 0.101 e. The Balaban J connectivity index is 1.68. The van der Waals surface area contributed by atoms with Crippen LogP contribution >= 0.6 is 0 Å². The minimum atomic E-state index is 0.699. The van der Waals surface area contributed by atoms with E-state index < -0.39 is 0 Å². The average Bonchev–Trinajstić information content (AvgIpc) is 2.76. The van der Waals surface area contributed by atoms with E-state index in [2.05, 4.69) is 23.0 Å². The van der Waals surface area contributed by atoms with Crippen molar-refractivity contribution in [3.05, 3.63) is 24.0 Å². The molecule has 1 aromatic rings. The molecule has 5 rings (SSSR count). The van der Waals surface area contributed by atoms with Gasteiger partial charge in [0, 0.05) is 18.4 Å². The number of nitriles is 1. The molecule has 1 aromatic heterocycles. The van der Waals surface area contributed by atoms with Gasteiger partial charge >= 0.3 is 0 Å². The van der Waals surface area contributed by atoms with E-state index in [-0.39, 0.29) is 0 Å². The van der Waals surface area contributed by atoms with Crippen molar-refractivity contribution in [1.82, 2.24) is 4.57 Å². The molecule has 0 radical (unpaired) electrons. The van der Waals surface area contributed by atoms with E-state index in [1.54, 1.807) is 0 Å². The zero-order chi connectivity index (χ0) is 11.4. The van der Waals surface area contributed by atoms with Crippen LogP contribution in [0.5, 0.6) is 0 Å². The third kappa shape index (κ3) is 1.38. The van der Waals surface area contributed by atoms with Gasteiger partial charge in [0.15, 0.2) is 0 Å². The molecule has 4 bridgehead atoms. The van der Waals surface area contributed by atoms with Crippen LogP contribution in [0.3, 0.4) is 0 Å². The summed E-state index contributed by atoms with van der Waals surface area (Å²) in [6.07, 6.45) is 11.5. The summed E-state index contributed by atoms with van der Waals surface area (Å²) < 4.78 is 2.35. The molecule has 0 N–H and O–H groups in total. The van der Waals surface area contributed by atoms with Gasteiger partial charge < -0.3 is 4.57 Å². The van der Waals surface area contributed by atoms with Crippen molar-refractivity contribution in [2.45, 2.75) is 38.1 Å². The largest absolute Gasteiger partial charge is 0.349 e. The molecule has 88 valence electrons. The molecule has 0 unspecified atom stereocenters. The standard InChI is InChI=1S/C15H18N2/c16-8-10-1-2-17(9-10)15-13-4-11-3-12(6-13)7-14(15)5-11/h1-2,9,11-15H,3-7H2. The Hall–Kier alpha value is -1.23. The third-order valence-electron chi connectivity index (χ3n) is 5.36. The minimum absolute atomic E-state index is 0.699. The van der Waals surface area contributed by atoms with E-state index in [1.807, 2.05) is 6.07 Å². The zero-order valence-electron chi connectivity index (χ0n) is 10.0. The molecule has 2 heteroatoms. The van der Waals surface area contributed by atoms with Crippen molar-refractivity contribution in [3.8, 4) is 6.07 Å². The second-order valence-corrected chi connectivity index (χ2v) is 6.38. The van der Waals surface area contributed by atoms with Gasteiger partial charge in [0.05, 0.1) is 5.56 Å². The highest BCUT2D eigenvalue weighted by Gasteiger charge is 2.48. The molecular formula is C15H18N2. The van der Waals surface area contributed by atoms with Gasteiger partial charge in [-0.1, -0.05) is 0 Å². The second kappa shape index (κ2) is 3.38. The number of aromatic nitrogens is 1. The van der Waals surface area contributed by atoms with E-state index in [9.17, 15) is 0 Å². The van der Waals surface area contributed by atoms with Gasteiger partial charge in [-0.25, -0.2) is 0 Å². The molecule has 1 heterocycles. The second-order valence-electron chi connectivity index (χ2n) is 6.38. The molecule has 0 saturated heterocycles. The monoisotopic (exact) mass is 226 g/mol. The third-order valence-corrected chi connectivity index (χ3v) is 5.36. The predicted octanol–water partition coefficient (Wildman–Crippen LogP) is 3.36. The number of nitrogens with zero attached hydrogens (tertiary/aromatic N) is 2. The summed E-state index contributed by atoms with van der Waals surface area (Å²) in [5, 5.41) is 8.94. The maximum Gasteiger partial charge on any atom is 0.101 e. The molecule has 17 heavy (non-hydrogen) atoms. The molecule has 4 fully saturated rings. The SMILES string of the molecule is N#Cc1ccn(C2C3CC4CC(C3)CC2C4)c1. The summed E-state index contributed by atoms with van der Waals surface area (Å²) in [5.41, 5.74) is 0.818. The lowest BCUT2D eigenvalue weighted by Crippen LogP contribution is -2.45. The maximum atomic E-state index is 8.94. The molecule has 4 aliphatic carbocycles. The molecule has 0 aromatic carbocycles. The minimum Gasteiger partial charge on any atom is -0.349 e. The Labute approximate surface area is 102 Å². The molecule has 4 aliphatic rings. The topological polar surface area (TPSA) is 28.7 Å².